The molecule has 1 fully saturated rings. The maximum Gasteiger partial charge on any atom is 0.115 e. The van der Waals surface area contributed by atoms with Crippen molar-refractivity contribution in [2.24, 2.45) is 17.6 Å². The summed E-state index contributed by atoms with van der Waals surface area (Å²) < 4.78 is 0. The monoisotopic (exact) mass is 262 g/mol. The van der Waals surface area contributed by atoms with E-state index in [0.717, 1.165) is 24.6 Å². The van der Waals surface area contributed by atoms with Gasteiger partial charge in [-0.2, -0.15) is 0 Å². The Kier molecular flexibility index (Phi) is 4.70. The fourth-order valence-electron chi connectivity index (χ4n) is 3.13. The molecule has 1 aromatic rings. The van der Waals surface area contributed by atoms with Gasteiger partial charge in [0.05, 0.1) is 0 Å². The van der Waals surface area contributed by atoms with E-state index < -0.39 is 0 Å². The minimum absolute atomic E-state index is 0.317. The molecule has 0 radical (unpaired) electrons. The van der Waals surface area contributed by atoms with Crippen LogP contribution in [-0.2, 0) is 0 Å². The molecule has 1 aliphatic rings. The quantitative estimate of drug-likeness (QED) is 0.877. The Morgan fingerprint density at radius 2 is 1.95 bits per heavy atom. The van der Waals surface area contributed by atoms with Crippen LogP contribution in [0.3, 0.4) is 0 Å². The molecule has 106 valence electrons. The summed E-state index contributed by atoms with van der Waals surface area (Å²) >= 11 is 0. The molecule has 2 rings (SSSR count). The van der Waals surface area contributed by atoms with Crippen molar-refractivity contribution < 1.29 is 5.11 Å². The van der Waals surface area contributed by atoms with E-state index in [4.69, 9.17) is 5.73 Å². The molecule has 3 nitrogen and oxygen atoms in total. The maximum absolute atomic E-state index is 9.33. The van der Waals surface area contributed by atoms with Crippen molar-refractivity contribution in [1.82, 2.24) is 0 Å². The SMILES string of the molecule is CCC1CCC(N)C(CN(C)c2ccc(O)cc2)C1. The predicted octanol–water partition coefficient (Wildman–Crippen LogP) is 2.98. The Balaban J connectivity index is 1.97. The second kappa shape index (κ2) is 6.29. The number of aromatic hydroxyl groups is 1. The van der Waals surface area contributed by atoms with Gasteiger partial charge in [-0.05, 0) is 55.4 Å². The molecule has 1 saturated carbocycles. The summed E-state index contributed by atoms with van der Waals surface area (Å²) in [7, 11) is 2.11. The van der Waals surface area contributed by atoms with E-state index in [1.54, 1.807) is 12.1 Å². The summed E-state index contributed by atoms with van der Waals surface area (Å²) in [6.07, 6.45) is 4.97. The van der Waals surface area contributed by atoms with E-state index in [9.17, 15) is 5.11 Å². The van der Waals surface area contributed by atoms with Crippen molar-refractivity contribution in [3.05, 3.63) is 24.3 Å². The lowest BCUT2D eigenvalue weighted by Crippen LogP contribution is -2.42. The Bertz CT molecular complexity index is 390. The molecular weight excluding hydrogens is 236 g/mol. The summed E-state index contributed by atoms with van der Waals surface area (Å²) in [4.78, 5) is 2.25. The summed E-state index contributed by atoms with van der Waals surface area (Å²) in [5.41, 5.74) is 7.42. The van der Waals surface area contributed by atoms with Gasteiger partial charge < -0.3 is 15.7 Å². The molecule has 0 spiro atoms. The Hall–Kier alpha value is -1.22. The standard InChI is InChI=1S/C16H26N2O/c1-3-12-4-9-16(17)13(10-12)11-18(2)14-5-7-15(19)8-6-14/h5-8,12-13,16,19H,3-4,9-11,17H2,1-2H3. The van der Waals surface area contributed by atoms with Gasteiger partial charge in [0.15, 0.2) is 0 Å². The zero-order valence-electron chi connectivity index (χ0n) is 12.0. The number of nitrogens with two attached hydrogens (primary N) is 1. The third-order valence-corrected chi connectivity index (χ3v) is 4.53. The highest BCUT2D eigenvalue weighted by molar-refractivity contribution is 5.48. The van der Waals surface area contributed by atoms with Gasteiger partial charge in [0.25, 0.3) is 0 Å². The molecule has 0 aliphatic heterocycles. The molecule has 3 unspecified atom stereocenters. The van der Waals surface area contributed by atoms with Crippen LogP contribution in [0.5, 0.6) is 5.75 Å². The first-order valence-electron chi connectivity index (χ1n) is 7.36. The Morgan fingerprint density at radius 1 is 1.26 bits per heavy atom. The first kappa shape index (κ1) is 14.2. The number of nitrogens with zero attached hydrogens (tertiary/aromatic N) is 1. The van der Waals surface area contributed by atoms with Gasteiger partial charge in [-0.25, -0.2) is 0 Å². The van der Waals surface area contributed by atoms with Crippen molar-refractivity contribution >= 4 is 5.69 Å². The second-order valence-corrected chi connectivity index (χ2v) is 5.91. The molecule has 3 heteroatoms. The van der Waals surface area contributed by atoms with E-state index in [0.29, 0.717) is 17.7 Å². The van der Waals surface area contributed by atoms with Crippen LogP contribution in [0.15, 0.2) is 24.3 Å². The summed E-state index contributed by atoms with van der Waals surface area (Å²) in [6, 6.07) is 7.73. The van der Waals surface area contributed by atoms with Crippen molar-refractivity contribution in [2.45, 2.75) is 38.6 Å². The highest BCUT2D eigenvalue weighted by atomic mass is 16.3. The third-order valence-electron chi connectivity index (χ3n) is 4.53. The van der Waals surface area contributed by atoms with E-state index in [1.807, 2.05) is 12.1 Å². The first-order chi connectivity index (χ1) is 9.10. The zero-order valence-corrected chi connectivity index (χ0v) is 12.0. The largest absolute Gasteiger partial charge is 0.508 e. The van der Waals surface area contributed by atoms with Crippen LogP contribution in [0.2, 0.25) is 0 Å². The second-order valence-electron chi connectivity index (χ2n) is 5.91. The number of rotatable bonds is 4. The van der Waals surface area contributed by atoms with Gasteiger partial charge in [0.2, 0.25) is 0 Å². The summed E-state index contributed by atoms with van der Waals surface area (Å²) in [5.74, 6) is 1.74. The molecule has 3 atom stereocenters. The van der Waals surface area contributed by atoms with E-state index in [1.165, 1.54) is 19.3 Å². The van der Waals surface area contributed by atoms with E-state index in [-0.39, 0.29) is 0 Å². The molecule has 0 amide bonds. The van der Waals surface area contributed by atoms with Crippen LogP contribution < -0.4 is 10.6 Å². The molecule has 1 aromatic carbocycles. The molecule has 19 heavy (non-hydrogen) atoms. The highest BCUT2D eigenvalue weighted by Gasteiger charge is 2.28. The van der Waals surface area contributed by atoms with Crippen LogP contribution in [-0.4, -0.2) is 24.7 Å². The topological polar surface area (TPSA) is 49.5 Å². The maximum atomic E-state index is 9.33. The Morgan fingerprint density at radius 3 is 2.58 bits per heavy atom. The van der Waals surface area contributed by atoms with E-state index in [2.05, 4.69) is 18.9 Å². The van der Waals surface area contributed by atoms with Crippen molar-refractivity contribution in [3.8, 4) is 5.75 Å². The van der Waals surface area contributed by atoms with Gasteiger partial charge in [0, 0.05) is 25.3 Å². The lowest BCUT2D eigenvalue weighted by molar-refractivity contribution is 0.232. The van der Waals surface area contributed by atoms with Crippen LogP contribution in [0.1, 0.15) is 32.6 Å². The molecule has 0 saturated heterocycles. The molecule has 0 aromatic heterocycles. The van der Waals surface area contributed by atoms with Crippen LogP contribution >= 0.6 is 0 Å². The van der Waals surface area contributed by atoms with E-state index >= 15 is 0 Å². The first-order valence-corrected chi connectivity index (χ1v) is 7.36. The lowest BCUT2D eigenvalue weighted by atomic mass is 9.77. The average Bonchev–Trinajstić information content (AvgIpc) is 2.42. The van der Waals surface area contributed by atoms with Crippen LogP contribution in [0.25, 0.3) is 0 Å². The van der Waals surface area contributed by atoms with Crippen molar-refractivity contribution in [1.29, 1.82) is 0 Å². The smallest absolute Gasteiger partial charge is 0.115 e. The van der Waals surface area contributed by atoms with Crippen molar-refractivity contribution in [2.75, 3.05) is 18.5 Å². The molecule has 0 bridgehead atoms. The van der Waals surface area contributed by atoms with Gasteiger partial charge in [0.1, 0.15) is 5.75 Å². The Labute approximate surface area is 116 Å². The fourth-order valence-corrected chi connectivity index (χ4v) is 3.13. The molecule has 1 aliphatic carbocycles. The minimum atomic E-state index is 0.317. The number of hydrogen-bond acceptors (Lipinski definition) is 3. The predicted molar refractivity (Wildman–Crippen MR) is 80.5 cm³/mol. The number of phenolic OH excluding ortho intramolecular Hbond substituents is 1. The van der Waals surface area contributed by atoms with Gasteiger partial charge in [-0.15, -0.1) is 0 Å². The minimum Gasteiger partial charge on any atom is -0.508 e. The summed E-state index contributed by atoms with van der Waals surface area (Å²) in [6.45, 7) is 3.28. The van der Waals surface area contributed by atoms with Crippen LogP contribution in [0.4, 0.5) is 5.69 Å². The third kappa shape index (κ3) is 3.63. The molecular formula is C16H26N2O. The normalized spacial score (nSPS) is 27.2. The van der Waals surface area contributed by atoms with Gasteiger partial charge in [-0.1, -0.05) is 13.3 Å². The molecule has 3 N–H and O–H groups in total. The average molecular weight is 262 g/mol. The lowest BCUT2D eigenvalue weighted by Gasteiger charge is -2.36. The number of hydrogen-bond donors (Lipinski definition) is 2. The van der Waals surface area contributed by atoms with Crippen molar-refractivity contribution in [3.63, 3.8) is 0 Å². The van der Waals surface area contributed by atoms with Gasteiger partial charge in [-0.3, -0.25) is 0 Å². The number of anilines is 1. The highest BCUT2D eigenvalue weighted by Crippen LogP contribution is 2.31. The number of phenols is 1. The fraction of sp³-hybridized carbons (Fsp3) is 0.625. The molecule has 0 heterocycles. The number of benzene rings is 1. The summed E-state index contributed by atoms with van der Waals surface area (Å²) in [5, 5.41) is 9.33. The van der Waals surface area contributed by atoms with Gasteiger partial charge >= 0.3 is 0 Å². The van der Waals surface area contributed by atoms with Crippen LogP contribution in [0, 0.1) is 11.8 Å². The zero-order chi connectivity index (χ0) is 13.8.